The normalized spacial score (nSPS) is 18.8. The Morgan fingerprint density at radius 1 is 1.10 bits per heavy atom. The summed E-state index contributed by atoms with van der Waals surface area (Å²) in [7, 11) is 0. The van der Waals surface area contributed by atoms with Gasteiger partial charge in [0.2, 0.25) is 0 Å². The lowest BCUT2D eigenvalue weighted by molar-refractivity contribution is -0.00834. The van der Waals surface area contributed by atoms with Crippen LogP contribution in [-0.4, -0.2) is 73.9 Å². The summed E-state index contributed by atoms with van der Waals surface area (Å²) in [6, 6.07) is 4.28. The molecule has 0 amide bonds. The van der Waals surface area contributed by atoms with Gasteiger partial charge >= 0.3 is 0 Å². The van der Waals surface area contributed by atoms with Crippen LogP contribution in [0.15, 0.2) is 23.3 Å². The standard InChI is InChI=1S/C23H40N6O.HI/c1-4-24-22(27-19-23(2,3)29-13-15-30-16-14-29)26-18-20-9-10-25-21(17-20)28-11-7-5-6-8-12-28;/h9-10,17H,4-8,11-16,18-19H2,1-3H3,(H2,24,26,27);1H. The van der Waals surface area contributed by atoms with Gasteiger partial charge in [-0.1, -0.05) is 12.8 Å². The molecule has 7 nitrogen and oxygen atoms in total. The van der Waals surface area contributed by atoms with E-state index in [-0.39, 0.29) is 29.5 Å². The van der Waals surface area contributed by atoms with Gasteiger partial charge in [-0.25, -0.2) is 9.98 Å². The molecule has 2 saturated heterocycles. The Kier molecular flexibility index (Phi) is 11.3. The van der Waals surface area contributed by atoms with Crippen molar-refractivity contribution in [2.45, 2.75) is 58.5 Å². The summed E-state index contributed by atoms with van der Waals surface area (Å²) < 4.78 is 5.50. The number of halogens is 1. The number of pyridine rings is 1. The third kappa shape index (κ3) is 8.38. The van der Waals surface area contributed by atoms with Crippen molar-refractivity contribution in [2.75, 3.05) is 57.4 Å². The second-order valence-corrected chi connectivity index (χ2v) is 8.88. The van der Waals surface area contributed by atoms with E-state index in [1.165, 1.54) is 31.2 Å². The Bertz CT molecular complexity index is 670. The van der Waals surface area contributed by atoms with Gasteiger partial charge in [-0.05, 0) is 51.3 Å². The van der Waals surface area contributed by atoms with Crippen molar-refractivity contribution < 1.29 is 4.74 Å². The molecule has 2 N–H and O–H groups in total. The monoisotopic (exact) mass is 544 g/mol. The lowest BCUT2D eigenvalue weighted by Gasteiger charge is -2.41. The van der Waals surface area contributed by atoms with Gasteiger partial charge in [-0.15, -0.1) is 24.0 Å². The molecule has 0 aromatic carbocycles. The molecule has 8 heteroatoms. The maximum Gasteiger partial charge on any atom is 0.191 e. The number of ether oxygens (including phenoxy) is 1. The van der Waals surface area contributed by atoms with Crippen molar-refractivity contribution in [1.29, 1.82) is 0 Å². The van der Waals surface area contributed by atoms with E-state index in [2.05, 4.69) is 58.3 Å². The topological polar surface area (TPSA) is 65.0 Å². The van der Waals surface area contributed by atoms with Crippen LogP contribution < -0.4 is 15.5 Å². The van der Waals surface area contributed by atoms with Crippen LogP contribution in [0.4, 0.5) is 5.82 Å². The van der Waals surface area contributed by atoms with E-state index in [1.54, 1.807) is 0 Å². The SMILES string of the molecule is CCNC(=NCc1ccnc(N2CCCCCC2)c1)NCC(C)(C)N1CCOCC1.I. The lowest BCUT2D eigenvalue weighted by Crippen LogP contribution is -2.56. The Morgan fingerprint density at radius 3 is 2.48 bits per heavy atom. The molecule has 2 fully saturated rings. The molecule has 0 spiro atoms. The van der Waals surface area contributed by atoms with Crippen molar-refractivity contribution in [1.82, 2.24) is 20.5 Å². The first kappa shape index (κ1) is 26.1. The van der Waals surface area contributed by atoms with Gasteiger partial charge in [0.1, 0.15) is 5.82 Å². The van der Waals surface area contributed by atoms with E-state index in [1.807, 2.05) is 6.20 Å². The van der Waals surface area contributed by atoms with Crippen LogP contribution in [-0.2, 0) is 11.3 Å². The highest BCUT2D eigenvalue weighted by molar-refractivity contribution is 14.0. The minimum atomic E-state index is 0. The van der Waals surface area contributed by atoms with Crippen molar-refractivity contribution in [2.24, 2.45) is 4.99 Å². The quantitative estimate of drug-likeness (QED) is 0.312. The number of guanidine groups is 1. The molecule has 0 atom stereocenters. The smallest absolute Gasteiger partial charge is 0.191 e. The summed E-state index contributed by atoms with van der Waals surface area (Å²) in [5.74, 6) is 1.96. The number of morpholine rings is 1. The van der Waals surface area contributed by atoms with Gasteiger partial charge in [0, 0.05) is 51.0 Å². The molecule has 0 radical (unpaired) electrons. The Labute approximate surface area is 205 Å². The fourth-order valence-corrected chi connectivity index (χ4v) is 4.12. The molecule has 0 saturated carbocycles. The van der Waals surface area contributed by atoms with Crippen molar-refractivity contribution in [3.8, 4) is 0 Å². The van der Waals surface area contributed by atoms with Gasteiger partial charge < -0.3 is 20.3 Å². The molecule has 1 aromatic heterocycles. The molecule has 31 heavy (non-hydrogen) atoms. The average Bonchev–Trinajstić information content (AvgIpc) is 3.06. The number of nitrogens with zero attached hydrogens (tertiary/aromatic N) is 4. The first-order valence-electron chi connectivity index (χ1n) is 11.6. The molecular formula is C23H41IN6O. The van der Waals surface area contributed by atoms with Crippen LogP contribution in [0.1, 0.15) is 52.0 Å². The largest absolute Gasteiger partial charge is 0.379 e. The van der Waals surface area contributed by atoms with Gasteiger partial charge in [0.05, 0.1) is 19.8 Å². The molecule has 1 aromatic rings. The van der Waals surface area contributed by atoms with Crippen LogP contribution >= 0.6 is 24.0 Å². The zero-order chi connectivity index (χ0) is 21.2. The van der Waals surface area contributed by atoms with Crippen molar-refractivity contribution in [3.05, 3.63) is 23.9 Å². The predicted octanol–water partition coefficient (Wildman–Crippen LogP) is 3.25. The number of rotatable bonds is 7. The molecule has 2 aliphatic rings. The highest BCUT2D eigenvalue weighted by Gasteiger charge is 2.28. The van der Waals surface area contributed by atoms with Gasteiger partial charge in [0.25, 0.3) is 0 Å². The minimum Gasteiger partial charge on any atom is -0.379 e. The van der Waals surface area contributed by atoms with E-state index in [9.17, 15) is 0 Å². The van der Waals surface area contributed by atoms with Crippen LogP contribution in [0.25, 0.3) is 0 Å². The number of anilines is 1. The zero-order valence-corrected chi connectivity index (χ0v) is 21.9. The molecule has 176 valence electrons. The fraction of sp³-hybridized carbons (Fsp3) is 0.739. The minimum absolute atomic E-state index is 0. The molecule has 3 heterocycles. The summed E-state index contributed by atoms with van der Waals surface area (Å²) in [5.41, 5.74) is 1.25. The predicted molar refractivity (Wildman–Crippen MR) is 140 cm³/mol. The van der Waals surface area contributed by atoms with E-state index in [4.69, 9.17) is 9.73 Å². The number of aromatic nitrogens is 1. The zero-order valence-electron chi connectivity index (χ0n) is 19.5. The summed E-state index contributed by atoms with van der Waals surface area (Å²) in [5, 5.41) is 6.93. The van der Waals surface area contributed by atoms with Crippen LogP contribution in [0.2, 0.25) is 0 Å². The van der Waals surface area contributed by atoms with Crippen molar-refractivity contribution >= 4 is 35.8 Å². The highest BCUT2D eigenvalue weighted by Crippen LogP contribution is 2.19. The Hall–Kier alpha value is -1.13. The van der Waals surface area contributed by atoms with E-state index >= 15 is 0 Å². The number of hydrogen-bond donors (Lipinski definition) is 2. The first-order chi connectivity index (χ1) is 14.6. The summed E-state index contributed by atoms with van der Waals surface area (Å²) >= 11 is 0. The lowest BCUT2D eigenvalue weighted by atomic mass is 10.0. The summed E-state index contributed by atoms with van der Waals surface area (Å²) in [4.78, 5) is 14.4. The molecular weight excluding hydrogens is 503 g/mol. The Morgan fingerprint density at radius 2 is 1.81 bits per heavy atom. The molecule has 0 aliphatic carbocycles. The van der Waals surface area contributed by atoms with E-state index < -0.39 is 0 Å². The Balaban J connectivity index is 0.00000341. The van der Waals surface area contributed by atoms with Crippen LogP contribution in [0.5, 0.6) is 0 Å². The van der Waals surface area contributed by atoms with Gasteiger partial charge in [-0.2, -0.15) is 0 Å². The van der Waals surface area contributed by atoms with Gasteiger partial charge in [0.15, 0.2) is 5.96 Å². The third-order valence-corrected chi connectivity index (χ3v) is 6.06. The number of nitrogens with one attached hydrogen (secondary N) is 2. The van der Waals surface area contributed by atoms with Crippen LogP contribution in [0.3, 0.4) is 0 Å². The fourth-order valence-electron chi connectivity index (χ4n) is 4.12. The molecule has 0 bridgehead atoms. The van der Waals surface area contributed by atoms with E-state index in [0.29, 0.717) is 6.54 Å². The molecule has 3 rings (SSSR count). The first-order valence-corrected chi connectivity index (χ1v) is 11.6. The molecule has 2 aliphatic heterocycles. The van der Waals surface area contributed by atoms with Crippen molar-refractivity contribution in [3.63, 3.8) is 0 Å². The number of aliphatic imine (C=N–C) groups is 1. The maximum atomic E-state index is 5.50. The third-order valence-electron chi connectivity index (χ3n) is 6.06. The average molecular weight is 545 g/mol. The molecule has 0 unspecified atom stereocenters. The van der Waals surface area contributed by atoms with Crippen LogP contribution in [0, 0.1) is 0 Å². The second kappa shape index (κ2) is 13.4. The second-order valence-electron chi connectivity index (χ2n) is 8.88. The van der Waals surface area contributed by atoms with E-state index in [0.717, 1.165) is 64.3 Å². The maximum absolute atomic E-state index is 5.50. The number of hydrogen-bond acceptors (Lipinski definition) is 5. The summed E-state index contributed by atoms with van der Waals surface area (Å²) in [6.07, 6.45) is 7.11. The van der Waals surface area contributed by atoms with Gasteiger partial charge in [-0.3, -0.25) is 4.90 Å². The summed E-state index contributed by atoms with van der Waals surface area (Å²) in [6.45, 7) is 14.8. The highest BCUT2D eigenvalue weighted by atomic mass is 127.